The third-order valence-electron chi connectivity index (χ3n) is 4.02. The Morgan fingerprint density at radius 1 is 1.11 bits per heavy atom. The lowest BCUT2D eigenvalue weighted by molar-refractivity contribution is -0.112. The van der Waals surface area contributed by atoms with E-state index in [1.54, 1.807) is 0 Å². The number of halogens is 1. The lowest BCUT2D eigenvalue weighted by atomic mass is 10.1. The summed E-state index contributed by atoms with van der Waals surface area (Å²) in [4.78, 5) is 12.5. The van der Waals surface area contributed by atoms with Gasteiger partial charge in [0.1, 0.15) is 5.82 Å². The Kier molecular flexibility index (Phi) is 5.36. The fourth-order valence-electron chi connectivity index (χ4n) is 2.60. The smallest absolute Gasteiger partial charge is 0.322 e. The highest BCUT2D eigenvalue weighted by molar-refractivity contribution is 7.88. The summed E-state index contributed by atoms with van der Waals surface area (Å²) < 4.78 is 42.3. The molecule has 0 unspecified atom stereocenters. The number of benzene rings is 2. The van der Waals surface area contributed by atoms with E-state index >= 15 is 0 Å². The van der Waals surface area contributed by atoms with Gasteiger partial charge in [0.15, 0.2) is 0 Å². The second-order valence-electron chi connectivity index (χ2n) is 6.00. The van der Waals surface area contributed by atoms with Crippen molar-refractivity contribution < 1.29 is 17.6 Å². The Labute approximate surface area is 157 Å². The molecule has 0 radical (unpaired) electrons. The second kappa shape index (κ2) is 7.71. The summed E-state index contributed by atoms with van der Waals surface area (Å²) in [6.07, 6.45) is 1.78. The summed E-state index contributed by atoms with van der Waals surface area (Å²) in [7, 11) is -3.87. The van der Waals surface area contributed by atoms with Crippen molar-refractivity contribution in [3.63, 3.8) is 0 Å². The molecule has 6 nitrogen and oxygen atoms in total. The number of anilines is 1. The first-order valence-electron chi connectivity index (χ1n) is 8.26. The van der Waals surface area contributed by atoms with Gasteiger partial charge in [-0.25, -0.2) is 4.39 Å². The number of hydrogen-bond acceptors (Lipinski definition) is 3. The minimum atomic E-state index is -3.87. The molecule has 0 saturated heterocycles. The van der Waals surface area contributed by atoms with Crippen LogP contribution in [0.4, 0.5) is 10.1 Å². The number of carbonyl (C=O) groups excluding carboxylic acids is 1. The van der Waals surface area contributed by atoms with Gasteiger partial charge in [0.05, 0.1) is 11.3 Å². The second-order valence-corrected chi connectivity index (χ2v) is 7.55. The first-order chi connectivity index (χ1) is 12.8. The van der Waals surface area contributed by atoms with Gasteiger partial charge in [0.25, 0.3) is 5.91 Å². The number of nitrogens with zero attached hydrogens (tertiary/aromatic N) is 2. The van der Waals surface area contributed by atoms with Crippen LogP contribution in [-0.2, 0) is 21.4 Å². The van der Waals surface area contributed by atoms with E-state index in [0.717, 1.165) is 9.87 Å². The molecule has 1 N–H and O–H groups in total. The van der Waals surface area contributed by atoms with E-state index in [1.807, 2.05) is 30.3 Å². The van der Waals surface area contributed by atoms with Crippen molar-refractivity contribution in [3.8, 4) is 0 Å². The van der Waals surface area contributed by atoms with Gasteiger partial charge in [0.2, 0.25) is 0 Å². The van der Waals surface area contributed by atoms with Crippen molar-refractivity contribution in [1.82, 2.24) is 4.31 Å². The van der Waals surface area contributed by atoms with Crippen molar-refractivity contribution in [2.24, 2.45) is 4.40 Å². The Morgan fingerprint density at radius 3 is 2.44 bits per heavy atom. The molecule has 2 aromatic carbocycles. The zero-order valence-electron chi connectivity index (χ0n) is 14.6. The van der Waals surface area contributed by atoms with Crippen LogP contribution < -0.4 is 5.32 Å². The van der Waals surface area contributed by atoms with Crippen LogP contribution in [0, 0.1) is 5.82 Å². The topological polar surface area (TPSA) is 78.8 Å². The molecule has 2 aromatic rings. The van der Waals surface area contributed by atoms with Gasteiger partial charge in [-0.2, -0.15) is 8.42 Å². The normalized spacial score (nSPS) is 15.7. The van der Waals surface area contributed by atoms with Gasteiger partial charge in [-0.1, -0.05) is 30.3 Å². The zero-order valence-corrected chi connectivity index (χ0v) is 15.4. The molecule has 0 saturated carbocycles. The molecular formula is C19H18FN3O3S. The van der Waals surface area contributed by atoms with E-state index in [0.29, 0.717) is 12.1 Å². The summed E-state index contributed by atoms with van der Waals surface area (Å²) in [6.45, 7) is 1.62. The number of rotatable bonds is 5. The fourth-order valence-corrected chi connectivity index (χ4v) is 3.71. The van der Waals surface area contributed by atoms with E-state index in [2.05, 4.69) is 9.71 Å². The molecule has 27 heavy (non-hydrogen) atoms. The molecule has 8 heteroatoms. The average Bonchev–Trinajstić information content (AvgIpc) is 2.63. The Hall–Kier alpha value is -3.00. The van der Waals surface area contributed by atoms with Crippen LogP contribution in [0.2, 0.25) is 0 Å². The number of carbonyl (C=O) groups is 1. The standard InChI is InChI=1S/C19H18FN3O3S/c1-14-18(19(24)21-17-9-7-16(20)8-10-17)13-23(27(25,26)22-14)12-11-15-5-3-2-4-6-15/h2-10,13H,11-12H2,1H3,(H,21,24). The van der Waals surface area contributed by atoms with Gasteiger partial charge in [0, 0.05) is 18.4 Å². The summed E-state index contributed by atoms with van der Waals surface area (Å²) in [5.74, 6) is -0.928. The molecule has 1 aliphatic heterocycles. The number of hydrogen-bond donors (Lipinski definition) is 1. The van der Waals surface area contributed by atoms with E-state index < -0.39 is 21.9 Å². The number of nitrogens with one attached hydrogen (secondary N) is 1. The summed E-state index contributed by atoms with van der Waals surface area (Å²) in [5, 5.41) is 2.61. The Morgan fingerprint density at radius 2 is 1.78 bits per heavy atom. The highest BCUT2D eigenvalue weighted by Crippen LogP contribution is 2.19. The van der Waals surface area contributed by atoms with Crippen LogP contribution in [0.1, 0.15) is 12.5 Å². The van der Waals surface area contributed by atoms with Crippen LogP contribution in [0.15, 0.2) is 70.8 Å². The monoisotopic (exact) mass is 387 g/mol. The molecule has 1 heterocycles. The maximum atomic E-state index is 13.0. The van der Waals surface area contributed by atoms with Crippen molar-refractivity contribution in [1.29, 1.82) is 0 Å². The van der Waals surface area contributed by atoms with Crippen molar-refractivity contribution in [2.45, 2.75) is 13.3 Å². The summed E-state index contributed by atoms with van der Waals surface area (Å²) >= 11 is 0. The predicted octanol–water partition coefficient (Wildman–Crippen LogP) is 2.91. The average molecular weight is 387 g/mol. The minimum Gasteiger partial charge on any atom is -0.322 e. The number of amides is 1. The lowest BCUT2D eigenvalue weighted by Crippen LogP contribution is -2.34. The molecule has 0 aromatic heterocycles. The molecular weight excluding hydrogens is 369 g/mol. The molecule has 0 atom stereocenters. The van der Waals surface area contributed by atoms with Gasteiger partial charge >= 0.3 is 10.2 Å². The van der Waals surface area contributed by atoms with E-state index in [4.69, 9.17) is 0 Å². The van der Waals surface area contributed by atoms with Crippen LogP contribution in [-0.4, -0.2) is 30.9 Å². The molecule has 0 bridgehead atoms. The minimum absolute atomic E-state index is 0.102. The molecule has 1 aliphatic rings. The zero-order chi connectivity index (χ0) is 19.4. The van der Waals surface area contributed by atoms with Crippen LogP contribution >= 0.6 is 0 Å². The SMILES string of the molecule is CC1=NS(=O)(=O)N(CCc2ccccc2)C=C1C(=O)Nc1ccc(F)cc1. The molecule has 1 amide bonds. The molecule has 0 spiro atoms. The quantitative estimate of drug-likeness (QED) is 0.857. The van der Waals surface area contributed by atoms with Gasteiger partial charge in [-0.05, 0) is 43.2 Å². The molecule has 140 valence electrons. The first kappa shape index (κ1) is 18.8. The lowest BCUT2D eigenvalue weighted by Gasteiger charge is -2.23. The fraction of sp³-hybridized carbons (Fsp3) is 0.158. The largest absolute Gasteiger partial charge is 0.344 e. The van der Waals surface area contributed by atoms with Crippen molar-refractivity contribution in [3.05, 3.63) is 77.8 Å². The third kappa shape index (κ3) is 4.59. The Bertz CT molecular complexity index is 1000. The first-order valence-corrected chi connectivity index (χ1v) is 9.66. The van der Waals surface area contributed by atoms with Crippen LogP contribution in [0.25, 0.3) is 0 Å². The van der Waals surface area contributed by atoms with E-state index in [-0.39, 0.29) is 17.8 Å². The Balaban J connectivity index is 1.78. The molecule has 0 fully saturated rings. The summed E-state index contributed by atoms with van der Waals surface area (Å²) in [5.41, 5.74) is 1.62. The molecule has 3 rings (SSSR count). The van der Waals surface area contributed by atoms with E-state index in [1.165, 1.54) is 37.4 Å². The summed E-state index contributed by atoms with van der Waals surface area (Å²) in [6, 6.07) is 14.7. The van der Waals surface area contributed by atoms with Crippen molar-refractivity contribution >= 4 is 27.5 Å². The third-order valence-corrected chi connectivity index (χ3v) is 5.41. The molecule has 0 aliphatic carbocycles. The van der Waals surface area contributed by atoms with Crippen molar-refractivity contribution in [2.75, 3.05) is 11.9 Å². The highest BCUT2D eigenvalue weighted by atomic mass is 32.2. The van der Waals surface area contributed by atoms with Gasteiger partial charge in [-0.15, -0.1) is 4.40 Å². The predicted molar refractivity (Wildman–Crippen MR) is 102 cm³/mol. The van der Waals surface area contributed by atoms with Crippen LogP contribution in [0.3, 0.4) is 0 Å². The maximum Gasteiger partial charge on any atom is 0.344 e. The maximum absolute atomic E-state index is 13.0. The van der Waals surface area contributed by atoms with Gasteiger partial charge in [-0.3, -0.25) is 9.10 Å². The highest BCUT2D eigenvalue weighted by Gasteiger charge is 2.27. The van der Waals surface area contributed by atoms with E-state index in [9.17, 15) is 17.6 Å². The van der Waals surface area contributed by atoms with Crippen LogP contribution in [0.5, 0.6) is 0 Å². The van der Waals surface area contributed by atoms with Gasteiger partial charge < -0.3 is 5.32 Å².